The quantitative estimate of drug-likeness (QED) is 0.622. The fraction of sp³-hybridized carbons (Fsp3) is 0.316. The van der Waals surface area contributed by atoms with Crippen molar-refractivity contribution in [3.63, 3.8) is 0 Å². The van der Waals surface area contributed by atoms with Gasteiger partial charge in [-0.2, -0.15) is 4.98 Å². The fourth-order valence-electron chi connectivity index (χ4n) is 3.27. The highest BCUT2D eigenvalue weighted by Gasteiger charge is 2.24. The number of para-hydroxylation sites is 1. The van der Waals surface area contributed by atoms with Gasteiger partial charge in [0.15, 0.2) is 23.1 Å². The maximum Gasteiger partial charge on any atom is 0.294 e. The van der Waals surface area contributed by atoms with E-state index in [9.17, 15) is 22.0 Å². The number of aromatic nitrogens is 3. The van der Waals surface area contributed by atoms with Gasteiger partial charge >= 0.3 is 0 Å². The SMILES string of the molecule is Cl.Cn1c(=O)c(Oc2c(F)cccc2F)cc2cnc(NC3CCS(=O)(=O)CC3)nc21. The van der Waals surface area contributed by atoms with Crippen LogP contribution in [0.5, 0.6) is 11.5 Å². The number of benzene rings is 1. The molecule has 166 valence electrons. The topological polar surface area (TPSA) is 103 Å². The van der Waals surface area contributed by atoms with E-state index in [1.165, 1.54) is 29.9 Å². The third kappa shape index (κ3) is 4.77. The number of hydrogen-bond acceptors (Lipinski definition) is 7. The Morgan fingerprint density at radius 2 is 1.84 bits per heavy atom. The molecule has 8 nitrogen and oxygen atoms in total. The van der Waals surface area contributed by atoms with E-state index in [1.54, 1.807) is 0 Å². The summed E-state index contributed by atoms with van der Waals surface area (Å²) in [4.78, 5) is 21.2. The van der Waals surface area contributed by atoms with Crippen LogP contribution in [0.4, 0.5) is 14.7 Å². The number of nitrogens with zero attached hydrogens (tertiary/aromatic N) is 3. The number of halogens is 3. The van der Waals surface area contributed by atoms with Gasteiger partial charge in [0.1, 0.15) is 15.5 Å². The fourth-order valence-corrected chi connectivity index (χ4v) is 4.76. The first-order valence-corrected chi connectivity index (χ1v) is 11.0. The van der Waals surface area contributed by atoms with E-state index >= 15 is 0 Å². The van der Waals surface area contributed by atoms with Gasteiger partial charge in [-0.15, -0.1) is 12.4 Å². The van der Waals surface area contributed by atoms with Gasteiger partial charge < -0.3 is 10.1 Å². The Balaban J connectivity index is 0.00000272. The Morgan fingerprint density at radius 1 is 1.19 bits per heavy atom. The van der Waals surface area contributed by atoms with Crippen molar-refractivity contribution in [1.82, 2.24) is 14.5 Å². The first kappa shape index (κ1) is 22.9. The van der Waals surface area contributed by atoms with E-state index in [-0.39, 0.29) is 41.7 Å². The molecule has 1 aromatic carbocycles. The molecule has 0 atom stereocenters. The number of pyridine rings is 1. The Bertz CT molecular complexity index is 1270. The summed E-state index contributed by atoms with van der Waals surface area (Å²) in [6.45, 7) is 0. The molecule has 0 unspecified atom stereocenters. The predicted octanol–water partition coefficient (Wildman–Crippen LogP) is 2.81. The molecule has 1 N–H and O–H groups in total. The van der Waals surface area contributed by atoms with Crippen LogP contribution in [-0.2, 0) is 16.9 Å². The molecule has 31 heavy (non-hydrogen) atoms. The molecule has 2 aromatic heterocycles. The van der Waals surface area contributed by atoms with Crippen LogP contribution >= 0.6 is 12.4 Å². The van der Waals surface area contributed by atoms with Crippen molar-refractivity contribution < 1.29 is 21.9 Å². The normalized spacial score (nSPS) is 16.0. The first-order valence-electron chi connectivity index (χ1n) is 9.19. The number of ether oxygens (including phenoxy) is 1. The van der Waals surface area contributed by atoms with E-state index in [1.807, 2.05) is 0 Å². The van der Waals surface area contributed by atoms with Crippen molar-refractivity contribution in [2.24, 2.45) is 7.05 Å². The van der Waals surface area contributed by atoms with Crippen LogP contribution < -0.4 is 15.6 Å². The highest BCUT2D eigenvalue weighted by molar-refractivity contribution is 7.91. The van der Waals surface area contributed by atoms with E-state index in [2.05, 4.69) is 15.3 Å². The molecule has 1 saturated heterocycles. The smallest absolute Gasteiger partial charge is 0.294 e. The number of fused-ring (bicyclic) bond motifs is 1. The Hall–Kier alpha value is -2.79. The van der Waals surface area contributed by atoms with Crippen LogP contribution in [0.15, 0.2) is 35.3 Å². The molecule has 1 fully saturated rings. The van der Waals surface area contributed by atoms with Gasteiger partial charge in [0.25, 0.3) is 5.56 Å². The third-order valence-electron chi connectivity index (χ3n) is 4.93. The van der Waals surface area contributed by atoms with E-state index in [0.717, 1.165) is 12.1 Å². The Morgan fingerprint density at radius 3 is 2.48 bits per heavy atom. The first-order chi connectivity index (χ1) is 14.2. The summed E-state index contributed by atoms with van der Waals surface area (Å²) in [6, 6.07) is 4.48. The minimum Gasteiger partial charge on any atom is -0.445 e. The minimum absolute atomic E-state index is 0. The molecule has 0 amide bonds. The second-order valence-corrected chi connectivity index (χ2v) is 9.37. The molecule has 0 bridgehead atoms. The second kappa shape index (κ2) is 8.75. The number of hydrogen-bond donors (Lipinski definition) is 1. The van der Waals surface area contributed by atoms with Crippen molar-refractivity contribution in [3.8, 4) is 11.5 Å². The van der Waals surface area contributed by atoms with Crippen LogP contribution in [0.2, 0.25) is 0 Å². The molecule has 12 heteroatoms. The minimum atomic E-state index is -2.99. The summed E-state index contributed by atoms with van der Waals surface area (Å²) in [6.07, 6.45) is 2.35. The number of sulfone groups is 1. The lowest BCUT2D eigenvalue weighted by Gasteiger charge is -2.23. The molecule has 3 heterocycles. The summed E-state index contributed by atoms with van der Waals surface area (Å²) >= 11 is 0. The molecule has 1 aliphatic rings. The molecular weight excluding hydrogens is 454 g/mol. The van der Waals surface area contributed by atoms with E-state index in [4.69, 9.17) is 4.74 Å². The summed E-state index contributed by atoms with van der Waals surface area (Å²) in [5, 5.41) is 3.53. The van der Waals surface area contributed by atoms with Crippen molar-refractivity contribution in [1.29, 1.82) is 0 Å². The largest absolute Gasteiger partial charge is 0.445 e. The van der Waals surface area contributed by atoms with Crippen LogP contribution in [0.1, 0.15) is 12.8 Å². The monoisotopic (exact) mass is 472 g/mol. The maximum atomic E-state index is 13.9. The predicted molar refractivity (Wildman–Crippen MR) is 114 cm³/mol. The maximum absolute atomic E-state index is 13.9. The zero-order chi connectivity index (χ0) is 21.5. The molecular formula is C19H19ClF2N4O4S. The number of rotatable bonds is 4. The molecule has 3 aromatic rings. The number of anilines is 1. The Labute approximate surface area is 182 Å². The molecule has 0 radical (unpaired) electrons. The van der Waals surface area contributed by atoms with Crippen LogP contribution in [0.25, 0.3) is 11.0 Å². The molecule has 0 aliphatic carbocycles. The van der Waals surface area contributed by atoms with Gasteiger partial charge in [-0.1, -0.05) is 6.07 Å². The van der Waals surface area contributed by atoms with Gasteiger partial charge in [0.2, 0.25) is 5.95 Å². The zero-order valence-corrected chi connectivity index (χ0v) is 18.0. The second-order valence-electron chi connectivity index (χ2n) is 7.07. The average molecular weight is 473 g/mol. The summed E-state index contributed by atoms with van der Waals surface area (Å²) in [5.74, 6) is -2.33. The van der Waals surface area contributed by atoms with Crippen LogP contribution in [0, 0.1) is 11.6 Å². The van der Waals surface area contributed by atoms with Crippen molar-refractivity contribution in [3.05, 3.63) is 52.5 Å². The number of aryl methyl sites for hydroxylation is 1. The lowest BCUT2D eigenvalue weighted by Crippen LogP contribution is -2.32. The summed E-state index contributed by atoms with van der Waals surface area (Å²) in [5.41, 5.74) is -0.333. The van der Waals surface area contributed by atoms with Gasteiger partial charge in [-0.3, -0.25) is 9.36 Å². The Kier molecular flexibility index (Phi) is 6.46. The highest BCUT2D eigenvalue weighted by Crippen LogP contribution is 2.27. The third-order valence-corrected chi connectivity index (χ3v) is 6.65. The van der Waals surface area contributed by atoms with Crippen molar-refractivity contribution >= 4 is 39.2 Å². The van der Waals surface area contributed by atoms with Gasteiger partial charge in [-0.05, 0) is 31.0 Å². The summed E-state index contributed by atoms with van der Waals surface area (Å²) in [7, 11) is -1.53. The average Bonchev–Trinajstić information content (AvgIpc) is 2.70. The standard InChI is InChI=1S/C19H18F2N4O4S.ClH/c1-25-17-11(9-15(18(25)26)29-16-13(20)3-2-4-14(16)21)10-22-19(24-17)23-12-5-7-30(27,28)8-6-12;/h2-4,9-10,12H,5-8H2,1H3,(H,22,23,24);1H. The van der Waals surface area contributed by atoms with E-state index in [0.29, 0.717) is 23.9 Å². The molecule has 4 rings (SSSR count). The van der Waals surface area contributed by atoms with Gasteiger partial charge in [0.05, 0.1) is 11.5 Å². The molecule has 1 aliphatic heterocycles. The van der Waals surface area contributed by atoms with Crippen molar-refractivity contribution in [2.75, 3.05) is 16.8 Å². The lowest BCUT2D eigenvalue weighted by molar-refractivity contribution is 0.401. The lowest BCUT2D eigenvalue weighted by atomic mass is 10.2. The van der Waals surface area contributed by atoms with Crippen molar-refractivity contribution in [2.45, 2.75) is 18.9 Å². The number of nitrogens with one attached hydrogen (secondary N) is 1. The van der Waals surface area contributed by atoms with Crippen LogP contribution in [0.3, 0.4) is 0 Å². The van der Waals surface area contributed by atoms with Gasteiger partial charge in [0, 0.05) is 24.7 Å². The molecule has 0 spiro atoms. The highest BCUT2D eigenvalue weighted by atomic mass is 35.5. The zero-order valence-electron chi connectivity index (χ0n) is 16.3. The molecule has 0 saturated carbocycles. The summed E-state index contributed by atoms with van der Waals surface area (Å²) < 4.78 is 57.2. The van der Waals surface area contributed by atoms with E-state index < -0.39 is 32.8 Å². The van der Waals surface area contributed by atoms with Gasteiger partial charge in [-0.25, -0.2) is 22.2 Å². The van der Waals surface area contributed by atoms with Crippen LogP contribution in [-0.4, -0.2) is 40.5 Å².